The molecule has 2 aliphatic heterocycles. The van der Waals surface area contributed by atoms with Gasteiger partial charge < -0.3 is 24.3 Å². The fourth-order valence-electron chi connectivity index (χ4n) is 2.95. The Balaban J connectivity index is 1.30. The first kappa shape index (κ1) is 19.1. The average Bonchev–Trinajstić information content (AvgIpc) is 2.93. The van der Waals surface area contributed by atoms with E-state index in [1.807, 2.05) is 24.3 Å². The number of ether oxygens (including phenoxy) is 4. The first-order chi connectivity index (χ1) is 13.7. The van der Waals surface area contributed by atoms with Gasteiger partial charge in [0.1, 0.15) is 13.2 Å². The van der Waals surface area contributed by atoms with Crippen LogP contribution in [0.15, 0.2) is 30.3 Å². The van der Waals surface area contributed by atoms with E-state index in [1.54, 1.807) is 6.07 Å². The number of fused-ring (bicyclic) bond motifs is 2. The van der Waals surface area contributed by atoms with Crippen molar-refractivity contribution in [3.63, 3.8) is 0 Å². The average molecular weight is 422 g/mol. The molecule has 0 saturated carbocycles. The maximum absolute atomic E-state index is 12.3. The van der Waals surface area contributed by atoms with Gasteiger partial charge in [0.25, 0.3) is 0 Å². The summed E-state index contributed by atoms with van der Waals surface area (Å²) in [4.78, 5) is 12.3. The Labute approximate surface area is 172 Å². The van der Waals surface area contributed by atoms with Gasteiger partial charge in [0.15, 0.2) is 23.0 Å². The van der Waals surface area contributed by atoms with E-state index in [0.717, 1.165) is 12.0 Å². The van der Waals surface area contributed by atoms with Crippen LogP contribution in [0, 0.1) is 0 Å². The molecule has 8 heteroatoms. The van der Waals surface area contributed by atoms with E-state index in [-0.39, 0.29) is 5.91 Å². The van der Waals surface area contributed by atoms with Gasteiger partial charge in [0.05, 0.1) is 24.0 Å². The van der Waals surface area contributed by atoms with Crippen molar-refractivity contribution in [2.75, 3.05) is 37.5 Å². The van der Waals surface area contributed by atoms with E-state index >= 15 is 0 Å². The van der Waals surface area contributed by atoms with E-state index in [1.165, 1.54) is 11.8 Å². The number of thioether (sulfide) groups is 1. The Morgan fingerprint density at radius 2 is 1.75 bits per heavy atom. The summed E-state index contributed by atoms with van der Waals surface area (Å²) >= 11 is 7.75. The van der Waals surface area contributed by atoms with Crippen LogP contribution in [-0.2, 0) is 10.5 Å². The summed E-state index contributed by atoms with van der Waals surface area (Å²) in [6.07, 6.45) is 0.844. The molecule has 0 radical (unpaired) electrons. The molecule has 0 bridgehead atoms. The number of carbonyl (C=O) groups is 1. The summed E-state index contributed by atoms with van der Waals surface area (Å²) in [5, 5.41) is 3.43. The Kier molecular flexibility index (Phi) is 6.02. The number of hydrogen-bond donors (Lipinski definition) is 1. The zero-order valence-corrected chi connectivity index (χ0v) is 16.7. The molecule has 0 spiro atoms. The molecule has 0 aliphatic carbocycles. The van der Waals surface area contributed by atoms with Gasteiger partial charge >= 0.3 is 0 Å². The van der Waals surface area contributed by atoms with Crippen molar-refractivity contribution in [3.8, 4) is 23.0 Å². The number of rotatable bonds is 5. The Morgan fingerprint density at radius 3 is 2.64 bits per heavy atom. The van der Waals surface area contributed by atoms with E-state index in [4.69, 9.17) is 30.5 Å². The molecule has 0 atom stereocenters. The van der Waals surface area contributed by atoms with E-state index in [9.17, 15) is 4.79 Å². The van der Waals surface area contributed by atoms with Gasteiger partial charge in [0.2, 0.25) is 5.91 Å². The zero-order valence-electron chi connectivity index (χ0n) is 15.2. The molecule has 0 aromatic heterocycles. The molecule has 1 N–H and O–H groups in total. The molecule has 2 aromatic carbocycles. The maximum Gasteiger partial charge on any atom is 0.234 e. The van der Waals surface area contributed by atoms with Gasteiger partial charge in [-0.25, -0.2) is 0 Å². The lowest BCUT2D eigenvalue weighted by Gasteiger charge is -2.20. The lowest BCUT2D eigenvalue weighted by atomic mass is 10.2. The number of nitrogens with one attached hydrogen (secondary N) is 1. The highest BCUT2D eigenvalue weighted by Crippen LogP contribution is 2.39. The summed E-state index contributed by atoms with van der Waals surface area (Å²) in [6, 6.07) is 9.19. The van der Waals surface area contributed by atoms with Crippen LogP contribution in [0.1, 0.15) is 12.0 Å². The molecule has 6 nitrogen and oxygen atoms in total. The third kappa shape index (κ3) is 4.59. The highest BCUT2D eigenvalue weighted by Gasteiger charge is 2.17. The molecule has 0 fully saturated rings. The van der Waals surface area contributed by atoms with Crippen LogP contribution in [-0.4, -0.2) is 38.1 Å². The van der Waals surface area contributed by atoms with Crippen LogP contribution in [0.4, 0.5) is 5.69 Å². The molecule has 148 valence electrons. The number of amides is 1. The molecule has 1 amide bonds. The second kappa shape index (κ2) is 8.84. The fourth-order valence-corrected chi connectivity index (χ4v) is 4.00. The van der Waals surface area contributed by atoms with Crippen LogP contribution in [0.25, 0.3) is 0 Å². The van der Waals surface area contributed by atoms with Crippen molar-refractivity contribution in [1.82, 2.24) is 0 Å². The van der Waals surface area contributed by atoms with Crippen molar-refractivity contribution in [3.05, 3.63) is 40.9 Å². The van der Waals surface area contributed by atoms with E-state index in [0.29, 0.717) is 71.6 Å². The quantitative estimate of drug-likeness (QED) is 0.782. The monoisotopic (exact) mass is 421 g/mol. The lowest BCUT2D eigenvalue weighted by Crippen LogP contribution is -2.16. The van der Waals surface area contributed by atoms with Crippen molar-refractivity contribution < 1.29 is 23.7 Å². The maximum atomic E-state index is 12.3. The van der Waals surface area contributed by atoms with Crippen LogP contribution in [0.2, 0.25) is 5.02 Å². The first-order valence-electron chi connectivity index (χ1n) is 9.04. The van der Waals surface area contributed by atoms with Crippen LogP contribution in [0.5, 0.6) is 23.0 Å². The minimum atomic E-state index is -0.0804. The SMILES string of the molecule is O=C(CSCc1cc(Cl)c2c(c1)OCCO2)Nc1ccc2c(c1)OCCCO2. The summed E-state index contributed by atoms with van der Waals surface area (Å²) in [5.41, 5.74) is 1.68. The van der Waals surface area contributed by atoms with Gasteiger partial charge in [-0.05, 0) is 29.8 Å². The normalized spacial score (nSPS) is 14.9. The molecule has 28 heavy (non-hydrogen) atoms. The van der Waals surface area contributed by atoms with Crippen LogP contribution >= 0.6 is 23.4 Å². The number of benzene rings is 2. The van der Waals surface area contributed by atoms with Crippen LogP contribution in [0.3, 0.4) is 0 Å². The molecule has 2 heterocycles. The Morgan fingerprint density at radius 1 is 0.964 bits per heavy atom. The van der Waals surface area contributed by atoms with Gasteiger partial charge in [-0.15, -0.1) is 11.8 Å². The number of halogens is 1. The lowest BCUT2D eigenvalue weighted by molar-refractivity contribution is -0.113. The highest BCUT2D eigenvalue weighted by molar-refractivity contribution is 7.99. The van der Waals surface area contributed by atoms with Crippen molar-refractivity contribution in [1.29, 1.82) is 0 Å². The zero-order chi connectivity index (χ0) is 19.3. The van der Waals surface area contributed by atoms with Gasteiger partial charge in [-0.2, -0.15) is 0 Å². The number of hydrogen-bond acceptors (Lipinski definition) is 6. The van der Waals surface area contributed by atoms with Gasteiger partial charge in [-0.3, -0.25) is 4.79 Å². The second-order valence-electron chi connectivity index (χ2n) is 6.35. The van der Waals surface area contributed by atoms with Gasteiger partial charge in [0, 0.05) is 23.9 Å². The third-order valence-electron chi connectivity index (χ3n) is 4.19. The Hall–Kier alpha value is -2.25. The number of anilines is 1. The van der Waals surface area contributed by atoms with Crippen molar-refractivity contribution in [2.45, 2.75) is 12.2 Å². The molecular weight excluding hydrogens is 402 g/mol. The predicted molar refractivity (Wildman–Crippen MR) is 109 cm³/mol. The Bertz CT molecular complexity index is 876. The third-order valence-corrected chi connectivity index (χ3v) is 5.47. The molecular formula is C20H20ClNO5S. The van der Waals surface area contributed by atoms with Gasteiger partial charge in [-0.1, -0.05) is 11.6 Å². The topological polar surface area (TPSA) is 66.0 Å². The summed E-state index contributed by atoms with van der Waals surface area (Å²) in [6.45, 7) is 2.26. The summed E-state index contributed by atoms with van der Waals surface area (Å²) in [5.74, 6) is 3.50. The predicted octanol–water partition coefficient (Wildman–Crippen LogP) is 4.14. The van der Waals surface area contributed by atoms with Crippen molar-refractivity contribution >= 4 is 35.0 Å². The minimum Gasteiger partial charge on any atom is -0.490 e. The summed E-state index contributed by atoms with van der Waals surface area (Å²) < 4.78 is 22.4. The number of carbonyl (C=O) groups excluding carboxylic acids is 1. The van der Waals surface area contributed by atoms with E-state index in [2.05, 4.69) is 5.32 Å². The molecule has 4 rings (SSSR count). The van der Waals surface area contributed by atoms with E-state index < -0.39 is 0 Å². The molecule has 0 unspecified atom stereocenters. The minimum absolute atomic E-state index is 0.0804. The smallest absolute Gasteiger partial charge is 0.234 e. The standard InChI is InChI=1S/C20H20ClNO5S/c21-15-8-13(9-18-20(15)27-7-6-26-18)11-28-12-19(23)22-14-2-3-16-17(10-14)25-5-1-4-24-16/h2-3,8-10H,1,4-7,11-12H2,(H,22,23). The molecule has 2 aromatic rings. The fraction of sp³-hybridized carbons (Fsp3) is 0.350. The first-order valence-corrected chi connectivity index (χ1v) is 10.6. The largest absolute Gasteiger partial charge is 0.490 e. The molecule has 0 saturated heterocycles. The van der Waals surface area contributed by atoms with Crippen LogP contribution < -0.4 is 24.3 Å². The second-order valence-corrected chi connectivity index (χ2v) is 7.75. The highest BCUT2D eigenvalue weighted by atomic mass is 35.5. The molecule has 2 aliphatic rings. The van der Waals surface area contributed by atoms with Crippen molar-refractivity contribution in [2.24, 2.45) is 0 Å². The summed E-state index contributed by atoms with van der Waals surface area (Å²) in [7, 11) is 0.